The number of nitrogens with zero attached hydrogens (tertiary/aromatic N) is 2. The van der Waals surface area contributed by atoms with E-state index >= 15 is 0 Å². The Bertz CT molecular complexity index is 616. The zero-order valence-electron chi connectivity index (χ0n) is 10.1. The van der Waals surface area contributed by atoms with E-state index in [1.54, 1.807) is 18.6 Å². The fourth-order valence-electron chi connectivity index (χ4n) is 2.48. The number of fused-ring (bicyclic) bond motifs is 1. The Morgan fingerprint density at radius 2 is 1.95 bits per heavy atom. The van der Waals surface area contributed by atoms with Crippen molar-refractivity contribution in [3.05, 3.63) is 47.5 Å². The van der Waals surface area contributed by atoms with Crippen LogP contribution in [0.4, 0.5) is 8.78 Å². The Hall–Kier alpha value is -1.88. The lowest BCUT2D eigenvalue weighted by Gasteiger charge is -2.09. The predicted octanol–water partition coefficient (Wildman–Crippen LogP) is 3.06. The molecule has 2 heterocycles. The molecular formula is C14H12F2N2O. The highest BCUT2D eigenvalue weighted by Crippen LogP contribution is 2.37. The summed E-state index contributed by atoms with van der Waals surface area (Å²) in [7, 11) is 0. The summed E-state index contributed by atoms with van der Waals surface area (Å²) in [5, 5.41) is 9.82. The molecule has 5 heteroatoms. The number of aliphatic hydroxyl groups excluding tert-OH is 1. The van der Waals surface area contributed by atoms with Gasteiger partial charge in [-0.1, -0.05) is 0 Å². The van der Waals surface area contributed by atoms with Crippen LogP contribution < -0.4 is 0 Å². The van der Waals surface area contributed by atoms with Gasteiger partial charge in [0.15, 0.2) is 0 Å². The van der Waals surface area contributed by atoms with Crippen molar-refractivity contribution in [2.75, 3.05) is 0 Å². The van der Waals surface area contributed by atoms with Crippen molar-refractivity contribution in [1.82, 2.24) is 9.97 Å². The van der Waals surface area contributed by atoms with Crippen LogP contribution in [0.15, 0.2) is 30.9 Å². The van der Waals surface area contributed by atoms with Gasteiger partial charge in [-0.05, 0) is 24.5 Å². The third-order valence-corrected chi connectivity index (χ3v) is 3.44. The van der Waals surface area contributed by atoms with E-state index in [9.17, 15) is 13.9 Å². The molecule has 0 amide bonds. The number of hydrogen-bond acceptors (Lipinski definition) is 3. The molecule has 2 aromatic heterocycles. The fraction of sp³-hybridized carbons (Fsp3) is 0.286. The van der Waals surface area contributed by atoms with E-state index in [1.807, 2.05) is 0 Å². The van der Waals surface area contributed by atoms with Crippen molar-refractivity contribution in [2.24, 2.45) is 0 Å². The van der Waals surface area contributed by atoms with Crippen LogP contribution in [0.1, 0.15) is 35.6 Å². The van der Waals surface area contributed by atoms with Crippen LogP contribution >= 0.6 is 0 Å². The SMILES string of the molecule is OC1CCc2c(-c3cncc(C(F)F)c3)cncc21. The summed E-state index contributed by atoms with van der Waals surface area (Å²) in [5.74, 6) is 0. The molecule has 0 bridgehead atoms. The Kier molecular flexibility index (Phi) is 2.98. The van der Waals surface area contributed by atoms with E-state index < -0.39 is 12.5 Å². The van der Waals surface area contributed by atoms with Crippen molar-refractivity contribution in [3.8, 4) is 11.1 Å². The van der Waals surface area contributed by atoms with E-state index in [1.165, 1.54) is 12.3 Å². The molecule has 1 aliphatic rings. The van der Waals surface area contributed by atoms with Crippen LogP contribution in [0.5, 0.6) is 0 Å². The minimum absolute atomic E-state index is 0.103. The molecular weight excluding hydrogens is 250 g/mol. The van der Waals surface area contributed by atoms with Gasteiger partial charge in [0.25, 0.3) is 6.43 Å². The summed E-state index contributed by atoms with van der Waals surface area (Å²) in [6.45, 7) is 0. The normalized spacial score (nSPS) is 17.8. The molecule has 0 radical (unpaired) electrons. The summed E-state index contributed by atoms with van der Waals surface area (Å²) in [6, 6.07) is 1.43. The molecule has 2 aromatic rings. The Morgan fingerprint density at radius 1 is 1.16 bits per heavy atom. The van der Waals surface area contributed by atoms with E-state index in [0.717, 1.165) is 23.1 Å². The first-order valence-corrected chi connectivity index (χ1v) is 6.05. The monoisotopic (exact) mass is 262 g/mol. The van der Waals surface area contributed by atoms with Crippen molar-refractivity contribution in [1.29, 1.82) is 0 Å². The lowest BCUT2D eigenvalue weighted by Crippen LogP contribution is -1.95. The highest BCUT2D eigenvalue weighted by Gasteiger charge is 2.24. The van der Waals surface area contributed by atoms with Gasteiger partial charge in [0.1, 0.15) is 0 Å². The fourth-order valence-corrected chi connectivity index (χ4v) is 2.48. The molecule has 3 rings (SSSR count). The molecule has 0 aromatic carbocycles. The first-order chi connectivity index (χ1) is 9.16. The lowest BCUT2D eigenvalue weighted by atomic mass is 10.00. The molecule has 19 heavy (non-hydrogen) atoms. The van der Waals surface area contributed by atoms with Gasteiger partial charge < -0.3 is 5.11 Å². The minimum Gasteiger partial charge on any atom is -0.388 e. The van der Waals surface area contributed by atoms with Crippen LogP contribution in [-0.4, -0.2) is 15.1 Å². The van der Waals surface area contributed by atoms with Gasteiger partial charge in [0.05, 0.1) is 6.10 Å². The molecule has 0 fully saturated rings. The van der Waals surface area contributed by atoms with Crippen molar-refractivity contribution < 1.29 is 13.9 Å². The molecule has 3 nitrogen and oxygen atoms in total. The summed E-state index contributed by atoms with van der Waals surface area (Å²) in [5.41, 5.74) is 3.07. The molecule has 0 saturated carbocycles. The average Bonchev–Trinajstić information content (AvgIpc) is 2.81. The lowest BCUT2D eigenvalue weighted by molar-refractivity contribution is 0.151. The number of halogens is 2. The quantitative estimate of drug-likeness (QED) is 0.904. The first-order valence-electron chi connectivity index (χ1n) is 6.05. The Morgan fingerprint density at radius 3 is 2.74 bits per heavy atom. The Labute approximate surface area is 109 Å². The molecule has 0 aliphatic heterocycles. The molecule has 98 valence electrons. The predicted molar refractivity (Wildman–Crippen MR) is 65.7 cm³/mol. The van der Waals surface area contributed by atoms with E-state index in [2.05, 4.69) is 9.97 Å². The third-order valence-electron chi connectivity index (χ3n) is 3.44. The largest absolute Gasteiger partial charge is 0.388 e. The Balaban J connectivity index is 2.11. The maximum atomic E-state index is 12.7. The van der Waals surface area contributed by atoms with Crippen molar-refractivity contribution >= 4 is 0 Å². The smallest absolute Gasteiger partial charge is 0.265 e. The van der Waals surface area contributed by atoms with Gasteiger partial charge in [-0.3, -0.25) is 9.97 Å². The summed E-state index contributed by atoms with van der Waals surface area (Å²) >= 11 is 0. The third kappa shape index (κ3) is 2.10. The molecule has 1 N–H and O–H groups in total. The summed E-state index contributed by atoms with van der Waals surface area (Å²) in [4.78, 5) is 7.94. The number of rotatable bonds is 2. The molecule has 0 saturated heterocycles. The molecule has 1 atom stereocenters. The van der Waals surface area contributed by atoms with Crippen LogP contribution in [0.3, 0.4) is 0 Å². The topological polar surface area (TPSA) is 46.0 Å². The van der Waals surface area contributed by atoms with Crippen LogP contribution in [0.2, 0.25) is 0 Å². The van der Waals surface area contributed by atoms with Crippen LogP contribution in [-0.2, 0) is 6.42 Å². The first kappa shape index (κ1) is 12.2. The number of aromatic nitrogens is 2. The van der Waals surface area contributed by atoms with Crippen LogP contribution in [0.25, 0.3) is 11.1 Å². The molecule has 0 spiro atoms. The maximum Gasteiger partial charge on any atom is 0.265 e. The highest BCUT2D eigenvalue weighted by atomic mass is 19.3. The maximum absolute atomic E-state index is 12.7. The zero-order chi connectivity index (χ0) is 13.4. The minimum atomic E-state index is -2.54. The second-order valence-corrected chi connectivity index (χ2v) is 4.62. The summed E-state index contributed by atoms with van der Waals surface area (Å²) < 4.78 is 25.4. The van der Waals surface area contributed by atoms with Crippen molar-refractivity contribution in [3.63, 3.8) is 0 Å². The van der Waals surface area contributed by atoms with Crippen molar-refractivity contribution in [2.45, 2.75) is 25.4 Å². The van der Waals surface area contributed by atoms with E-state index in [-0.39, 0.29) is 5.56 Å². The van der Waals surface area contributed by atoms with E-state index in [0.29, 0.717) is 12.0 Å². The molecule has 1 unspecified atom stereocenters. The van der Waals surface area contributed by atoms with Gasteiger partial charge in [-0.2, -0.15) is 0 Å². The zero-order valence-corrected chi connectivity index (χ0v) is 10.1. The van der Waals surface area contributed by atoms with Gasteiger partial charge >= 0.3 is 0 Å². The number of alkyl halides is 2. The molecule has 1 aliphatic carbocycles. The highest BCUT2D eigenvalue weighted by molar-refractivity contribution is 5.68. The average molecular weight is 262 g/mol. The van der Waals surface area contributed by atoms with Gasteiger partial charge in [0.2, 0.25) is 0 Å². The van der Waals surface area contributed by atoms with Gasteiger partial charge in [0, 0.05) is 47.0 Å². The number of pyridine rings is 2. The number of hydrogen-bond donors (Lipinski definition) is 1. The summed E-state index contributed by atoms with van der Waals surface area (Å²) in [6.07, 6.45) is 4.33. The van der Waals surface area contributed by atoms with E-state index in [4.69, 9.17) is 0 Å². The van der Waals surface area contributed by atoms with Gasteiger partial charge in [-0.25, -0.2) is 8.78 Å². The second kappa shape index (κ2) is 4.66. The number of aliphatic hydroxyl groups is 1. The van der Waals surface area contributed by atoms with Gasteiger partial charge in [-0.15, -0.1) is 0 Å². The second-order valence-electron chi connectivity index (χ2n) is 4.62. The standard InChI is InChI=1S/C14H12F2N2O/c15-14(16)9-3-8(4-17-5-9)11-6-18-7-12-10(11)1-2-13(12)19/h3-7,13-14,19H,1-2H2. The van der Waals surface area contributed by atoms with Crippen LogP contribution in [0, 0.1) is 0 Å².